The van der Waals surface area contributed by atoms with Gasteiger partial charge in [-0.25, -0.2) is 0 Å². The molecule has 0 aliphatic rings. The highest BCUT2D eigenvalue weighted by Crippen LogP contribution is 2.15. The molecular formula is C9H13N7OS. The molecule has 0 aliphatic carbocycles. The van der Waals surface area contributed by atoms with E-state index in [0.717, 1.165) is 0 Å². The maximum Gasteiger partial charge on any atom is 0.282 e. The van der Waals surface area contributed by atoms with E-state index in [1.807, 2.05) is 14.0 Å². The van der Waals surface area contributed by atoms with E-state index in [1.54, 1.807) is 17.9 Å². The molecule has 2 N–H and O–H groups in total. The summed E-state index contributed by atoms with van der Waals surface area (Å²) < 4.78 is 1.75. The number of hydrogen-bond donors (Lipinski definition) is 2. The summed E-state index contributed by atoms with van der Waals surface area (Å²) in [4.78, 5) is 11.9. The lowest BCUT2D eigenvalue weighted by atomic mass is 10.3. The Hall–Kier alpha value is -2.03. The number of aryl methyl sites for hydroxylation is 1. The lowest BCUT2D eigenvalue weighted by Crippen LogP contribution is -2.28. The largest absolute Gasteiger partial charge is 0.363 e. The minimum Gasteiger partial charge on any atom is -0.363 e. The van der Waals surface area contributed by atoms with Crippen LogP contribution in [0.15, 0.2) is 6.33 Å². The van der Waals surface area contributed by atoms with E-state index < -0.39 is 0 Å². The highest BCUT2D eigenvalue weighted by atomic mass is 32.1. The maximum atomic E-state index is 11.9. The lowest BCUT2D eigenvalue weighted by molar-refractivity contribution is 0.0936. The van der Waals surface area contributed by atoms with Gasteiger partial charge in [0.05, 0.1) is 6.04 Å². The van der Waals surface area contributed by atoms with Gasteiger partial charge < -0.3 is 15.2 Å². The lowest BCUT2D eigenvalue weighted by Gasteiger charge is -2.11. The Bertz CT molecular complexity index is 549. The molecule has 96 valence electrons. The molecule has 0 radical (unpaired) electrons. The van der Waals surface area contributed by atoms with Crippen LogP contribution in [0.5, 0.6) is 0 Å². The van der Waals surface area contributed by atoms with Crippen LogP contribution in [0.25, 0.3) is 0 Å². The second-order valence-corrected chi connectivity index (χ2v) is 4.64. The van der Waals surface area contributed by atoms with Crippen molar-refractivity contribution >= 4 is 22.4 Å². The van der Waals surface area contributed by atoms with E-state index in [4.69, 9.17) is 0 Å². The Morgan fingerprint density at radius 3 is 2.78 bits per heavy atom. The maximum absolute atomic E-state index is 11.9. The summed E-state index contributed by atoms with van der Waals surface area (Å²) >= 11 is 1.20. The first-order valence-electron chi connectivity index (χ1n) is 5.28. The van der Waals surface area contributed by atoms with E-state index in [0.29, 0.717) is 16.0 Å². The van der Waals surface area contributed by atoms with E-state index in [9.17, 15) is 4.79 Å². The molecule has 9 heteroatoms. The first kappa shape index (κ1) is 12.4. The number of nitrogens with one attached hydrogen (secondary N) is 2. The molecular weight excluding hydrogens is 254 g/mol. The Kier molecular flexibility index (Phi) is 3.51. The predicted octanol–water partition coefficient (Wildman–Crippen LogP) is 0.199. The summed E-state index contributed by atoms with van der Waals surface area (Å²) in [5, 5.41) is 21.8. The molecule has 0 aliphatic heterocycles. The molecule has 0 saturated heterocycles. The van der Waals surface area contributed by atoms with E-state index in [1.165, 1.54) is 11.3 Å². The summed E-state index contributed by atoms with van der Waals surface area (Å²) in [5.41, 5.74) is 0. The normalized spacial score (nSPS) is 12.2. The summed E-state index contributed by atoms with van der Waals surface area (Å²) in [7, 11) is 3.55. The zero-order valence-corrected chi connectivity index (χ0v) is 11.0. The molecule has 1 atom stereocenters. The molecule has 8 nitrogen and oxygen atoms in total. The van der Waals surface area contributed by atoms with Gasteiger partial charge in [-0.2, -0.15) is 0 Å². The molecule has 2 heterocycles. The zero-order chi connectivity index (χ0) is 13.1. The van der Waals surface area contributed by atoms with Gasteiger partial charge in [-0.3, -0.25) is 4.79 Å². The van der Waals surface area contributed by atoms with Crippen LogP contribution < -0.4 is 10.6 Å². The summed E-state index contributed by atoms with van der Waals surface area (Å²) in [6.45, 7) is 1.84. The van der Waals surface area contributed by atoms with Gasteiger partial charge in [-0.15, -0.1) is 20.4 Å². The van der Waals surface area contributed by atoms with Gasteiger partial charge in [0, 0.05) is 14.1 Å². The minimum absolute atomic E-state index is 0.244. The molecule has 0 fully saturated rings. The van der Waals surface area contributed by atoms with Crippen LogP contribution >= 0.6 is 11.3 Å². The Labute approximate surface area is 107 Å². The minimum atomic E-state index is -0.274. The van der Waals surface area contributed by atoms with E-state index in [-0.39, 0.29) is 11.9 Å². The smallest absolute Gasteiger partial charge is 0.282 e. The van der Waals surface area contributed by atoms with Crippen LogP contribution in [-0.2, 0) is 7.05 Å². The highest BCUT2D eigenvalue weighted by Gasteiger charge is 2.18. The van der Waals surface area contributed by atoms with E-state index >= 15 is 0 Å². The molecule has 18 heavy (non-hydrogen) atoms. The van der Waals surface area contributed by atoms with Crippen LogP contribution in [0.1, 0.15) is 28.6 Å². The molecule has 1 amide bonds. The zero-order valence-electron chi connectivity index (χ0n) is 10.2. The van der Waals surface area contributed by atoms with Gasteiger partial charge >= 0.3 is 0 Å². The second kappa shape index (κ2) is 5.08. The van der Waals surface area contributed by atoms with Crippen molar-refractivity contribution in [3.63, 3.8) is 0 Å². The summed E-state index contributed by atoms with van der Waals surface area (Å²) in [5.74, 6) is 0.409. The van der Waals surface area contributed by atoms with Gasteiger partial charge in [0.1, 0.15) is 6.33 Å². The van der Waals surface area contributed by atoms with Gasteiger partial charge in [0.15, 0.2) is 5.82 Å². The van der Waals surface area contributed by atoms with Crippen molar-refractivity contribution in [1.29, 1.82) is 0 Å². The van der Waals surface area contributed by atoms with Crippen molar-refractivity contribution in [1.82, 2.24) is 30.3 Å². The molecule has 2 aromatic rings. The third kappa shape index (κ3) is 2.45. The summed E-state index contributed by atoms with van der Waals surface area (Å²) in [6.07, 6.45) is 1.59. The van der Waals surface area contributed by atoms with Crippen LogP contribution in [0.4, 0.5) is 5.13 Å². The molecule has 2 aromatic heterocycles. The Morgan fingerprint density at radius 2 is 2.22 bits per heavy atom. The fourth-order valence-corrected chi connectivity index (χ4v) is 2.02. The highest BCUT2D eigenvalue weighted by molar-refractivity contribution is 7.17. The average molecular weight is 267 g/mol. The number of nitrogens with zero attached hydrogens (tertiary/aromatic N) is 5. The standard InChI is InChI=1S/C9H13N7OS/c1-5(6-13-11-4-16(6)3)12-7(17)8-14-15-9(10-2)18-8/h4-5H,1-3H3,(H,10,15)(H,12,17). The number of aromatic nitrogens is 5. The van der Waals surface area contributed by atoms with Gasteiger partial charge in [0.25, 0.3) is 5.91 Å². The average Bonchev–Trinajstić information content (AvgIpc) is 2.96. The van der Waals surface area contributed by atoms with Crippen molar-refractivity contribution in [2.75, 3.05) is 12.4 Å². The number of anilines is 1. The number of hydrogen-bond acceptors (Lipinski definition) is 7. The fraction of sp³-hybridized carbons (Fsp3) is 0.444. The fourth-order valence-electron chi connectivity index (χ4n) is 1.42. The third-order valence-electron chi connectivity index (χ3n) is 2.31. The van der Waals surface area contributed by atoms with Crippen molar-refractivity contribution < 1.29 is 4.79 Å². The topological polar surface area (TPSA) is 97.6 Å². The Morgan fingerprint density at radius 1 is 1.44 bits per heavy atom. The number of amides is 1. The van der Waals surface area contributed by atoms with Crippen LogP contribution in [-0.4, -0.2) is 37.9 Å². The van der Waals surface area contributed by atoms with Gasteiger partial charge in [-0.1, -0.05) is 11.3 Å². The van der Waals surface area contributed by atoms with Crippen LogP contribution in [0.2, 0.25) is 0 Å². The Balaban J connectivity index is 2.05. The van der Waals surface area contributed by atoms with Crippen molar-refractivity contribution in [2.24, 2.45) is 7.05 Å². The monoisotopic (exact) mass is 267 g/mol. The number of carbonyl (C=O) groups excluding carboxylic acids is 1. The van der Waals surface area contributed by atoms with Crippen molar-refractivity contribution in [2.45, 2.75) is 13.0 Å². The first-order valence-corrected chi connectivity index (χ1v) is 6.09. The number of carbonyl (C=O) groups is 1. The van der Waals surface area contributed by atoms with Gasteiger partial charge in [0.2, 0.25) is 10.1 Å². The van der Waals surface area contributed by atoms with Crippen molar-refractivity contribution in [3.8, 4) is 0 Å². The molecule has 1 unspecified atom stereocenters. The molecule has 0 saturated carbocycles. The molecule has 0 spiro atoms. The number of rotatable bonds is 4. The quantitative estimate of drug-likeness (QED) is 0.821. The summed E-state index contributed by atoms with van der Waals surface area (Å²) in [6, 6.07) is -0.244. The van der Waals surface area contributed by atoms with Crippen molar-refractivity contribution in [3.05, 3.63) is 17.2 Å². The van der Waals surface area contributed by atoms with Crippen LogP contribution in [0, 0.1) is 0 Å². The molecule has 0 aromatic carbocycles. The predicted molar refractivity (Wildman–Crippen MR) is 66.3 cm³/mol. The molecule has 2 rings (SSSR count). The third-order valence-corrected chi connectivity index (χ3v) is 3.25. The van der Waals surface area contributed by atoms with E-state index in [2.05, 4.69) is 31.0 Å². The van der Waals surface area contributed by atoms with Crippen LogP contribution in [0.3, 0.4) is 0 Å². The molecule has 0 bridgehead atoms. The SMILES string of the molecule is CNc1nnc(C(=O)NC(C)c2nncn2C)s1. The van der Waals surface area contributed by atoms with Gasteiger partial charge in [-0.05, 0) is 6.92 Å². The second-order valence-electron chi connectivity index (χ2n) is 3.66. The first-order chi connectivity index (χ1) is 8.61.